The summed E-state index contributed by atoms with van der Waals surface area (Å²) in [6.45, 7) is -0.363. The van der Waals surface area contributed by atoms with Crippen molar-refractivity contribution in [3.8, 4) is 0 Å². The predicted molar refractivity (Wildman–Crippen MR) is 122 cm³/mol. The standard InChI is InChI=1S/C23H19Br2NO5/c24-18-10-16-17(11-19(18)25)22(29)26(21(16)28)15-8-6-14(7-9-15)23(30)31-12-20(27)13-4-2-1-3-5-13/h1-9,16-19H,10-12H2/t16-,17+,18+,19-. The first-order valence-electron chi connectivity index (χ1n) is 9.88. The maximum Gasteiger partial charge on any atom is 0.338 e. The molecule has 2 aromatic carbocycles. The Kier molecular flexibility index (Phi) is 6.39. The molecular formula is C23H19Br2NO5. The van der Waals surface area contributed by atoms with Crippen molar-refractivity contribution in [2.75, 3.05) is 11.5 Å². The van der Waals surface area contributed by atoms with Crippen molar-refractivity contribution in [3.63, 3.8) is 0 Å². The second-order valence-electron chi connectivity index (χ2n) is 7.64. The molecule has 6 nitrogen and oxygen atoms in total. The first kappa shape index (κ1) is 21.9. The van der Waals surface area contributed by atoms with Crippen molar-refractivity contribution in [1.82, 2.24) is 0 Å². The Morgan fingerprint density at radius 3 is 1.94 bits per heavy atom. The molecule has 2 aromatic rings. The molecule has 1 heterocycles. The summed E-state index contributed by atoms with van der Waals surface area (Å²) in [5.41, 5.74) is 1.13. The van der Waals surface area contributed by atoms with Crippen LogP contribution in [0, 0.1) is 11.8 Å². The van der Waals surface area contributed by atoms with Crippen LogP contribution in [0.2, 0.25) is 0 Å². The molecule has 1 aliphatic heterocycles. The summed E-state index contributed by atoms with van der Waals surface area (Å²) in [7, 11) is 0. The lowest BCUT2D eigenvalue weighted by Crippen LogP contribution is -2.34. The number of carbonyl (C=O) groups is 4. The number of Topliss-reactive ketones (excluding diaryl/α,β-unsaturated/α-hetero) is 1. The van der Waals surface area contributed by atoms with Gasteiger partial charge in [-0.1, -0.05) is 62.2 Å². The lowest BCUT2D eigenvalue weighted by Gasteiger charge is -2.29. The van der Waals surface area contributed by atoms with E-state index in [2.05, 4.69) is 31.9 Å². The molecule has 2 aliphatic rings. The van der Waals surface area contributed by atoms with Crippen LogP contribution in [0.25, 0.3) is 0 Å². The van der Waals surface area contributed by atoms with Gasteiger partial charge in [-0.15, -0.1) is 0 Å². The molecule has 0 bridgehead atoms. The average Bonchev–Trinajstić information content (AvgIpc) is 3.02. The third-order valence-corrected chi connectivity index (χ3v) is 8.44. The molecule has 2 amide bonds. The zero-order valence-electron chi connectivity index (χ0n) is 16.4. The van der Waals surface area contributed by atoms with Gasteiger partial charge in [-0.2, -0.15) is 0 Å². The quantitative estimate of drug-likeness (QED) is 0.243. The van der Waals surface area contributed by atoms with Gasteiger partial charge >= 0.3 is 5.97 Å². The second kappa shape index (κ2) is 9.04. The SMILES string of the molecule is O=C(COC(=O)c1ccc(N2C(=O)[C@H]3C[C@@H](Br)[C@@H](Br)C[C@H]3C2=O)cc1)c1ccccc1. The van der Waals surface area contributed by atoms with Crippen LogP contribution in [0.5, 0.6) is 0 Å². The minimum Gasteiger partial charge on any atom is -0.454 e. The Morgan fingerprint density at radius 2 is 1.39 bits per heavy atom. The monoisotopic (exact) mass is 547 g/mol. The van der Waals surface area contributed by atoms with Crippen molar-refractivity contribution in [2.24, 2.45) is 11.8 Å². The van der Waals surface area contributed by atoms with Crippen LogP contribution >= 0.6 is 31.9 Å². The van der Waals surface area contributed by atoms with E-state index in [-0.39, 0.29) is 51.3 Å². The first-order valence-corrected chi connectivity index (χ1v) is 11.7. The number of anilines is 1. The number of nitrogens with zero attached hydrogens (tertiary/aromatic N) is 1. The smallest absolute Gasteiger partial charge is 0.338 e. The molecule has 4 atom stereocenters. The van der Waals surface area contributed by atoms with Gasteiger partial charge in [0, 0.05) is 15.2 Å². The number of imide groups is 1. The van der Waals surface area contributed by atoms with Crippen LogP contribution in [0.4, 0.5) is 5.69 Å². The van der Waals surface area contributed by atoms with Crippen LogP contribution in [0.3, 0.4) is 0 Å². The number of benzene rings is 2. The number of esters is 1. The highest BCUT2D eigenvalue weighted by Gasteiger charge is 2.52. The van der Waals surface area contributed by atoms with Crippen molar-refractivity contribution in [2.45, 2.75) is 22.5 Å². The number of ether oxygens (including phenoxy) is 1. The Hall–Kier alpha value is -2.32. The lowest BCUT2D eigenvalue weighted by atomic mass is 9.81. The van der Waals surface area contributed by atoms with E-state index in [1.807, 2.05) is 0 Å². The fraction of sp³-hybridized carbons (Fsp3) is 0.304. The molecule has 31 heavy (non-hydrogen) atoms. The van der Waals surface area contributed by atoms with E-state index >= 15 is 0 Å². The third kappa shape index (κ3) is 4.36. The lowest BCUT2D eigenvalue weighted by molar-refractivity contribution is -0.122. The molecule has 160 valence electrons. The van der Waals surface area contributed by atoms with E-state index in [0.717, 1.165) is 0 Å². The number of halogens is 2. The van der Waals surface area contributed by atoms with Crippen LogP contribution in [0.15, 0.2) is 54.6 Å². The molecule has 0 aromatic heterocycles. The molecule has 0 radical (unpaired) electrons. The predicted octanol–water partition coefficient (Wildman–Crippen LogP) is 4.15. The van der Waals surface area contributed by atoms with Crippen molar-refractivity contribution in [3.05, 3.63) is 65.7 Å². The topological polar surface area (TPSA) is 80.8 Å². The zero-order valence-corrected chi connectivity index (χ0v) is 19.5. The number of carbonyl (C=O) groups excluding carboxylic acids is 4. The number of hydrogen-bond acceptors (Lipinski definition) is 5. The van der Waals surface area contributed by atoms with Gasteiger partial charge in [0.05, 0.1) is 23.1 Å². The van der Waals surface area contributed by atoms with Gasteiger partial charge < -0.3 is 4.74 Å². The van der Waals surface area contributed by atoms with E-state index in [9.17, 15) is 19.2 Å². The summed E-state index contributed by atoms with van der Waals surface area (Å²) in [6, 6.07) is 14.7. The molecule has 1 aliphatic carbocycles. The zero-order chi connectivity index (χ0) is 22.1. The Labute approximate surface area is 196 Å². The van der Waals surface area contributed by atoms with Crippen LogP contribution in [0.1, 0.15) is 33.6 Å². The van der Waals surface area contributed by atoms with Gasteiger partial charge in [-0.25, -0.2) is 4.79 Å². The van der Waals surface area contributed by atoms with E-state index in [1.54, 1.807) is 42.5 Å². The number of fused-ring (bicyclic) bond motifs is 1. The Bertz CT molecular complexity index is 996. The van der Waals surface area contributed by atoms with Gasteiger partial charge in [0.25, 0.3) is 0 Å². The van der Waals surface area contributed by atoms with Gasteiger partial charge in [-0.05, 0) is 37.1 Å². The Morgan fingerprint density at radius 1 is 0.839 bits per heavy atom. The van der Waals surface area contributed by atoms with Gasteiger partial charge in [0.2, 0.25) is 11.8 Å². The number of hydrogen-bond donors (Lipinski definition) is 0. The molecule has 8 heteroatoms. The summed E-state index contributed by atoms with van der Waals surface area (Å²) in [6.07, 6.45) is 1.20. The largest absolute Gasteiger partial charge is 0.454 e. The van der Waals surface area contributed by atoms with Crippen LogP contribution in [-0.4, -0.2) is 39.8 Å². The summed E-state index contributed by atoms with van der Waals surface area (Å²) in [5.74, 6) is -2.02. The molecule has 4 rings (SSSR count). The van der Waals surface area contributed by atoms with E-state index in [0.29, 0.717) is 24.1 Å². The highest BCUT2D eigenvalue weighted by Crippen LogP contribution is 2.44. The molecule has 0 unspecified atom stereocenters. The molecular weight excluding hydrogens is 530 g/mol. The third-order valence-electron chi connectivity index (χ3n) is 5.70. The minimum absolute atomic E-state index is 0.140. The summed E-state index contributed by atoms with van der Waals surface area (Å²) in [4.78, 5) is 51.6. The van der Waals surface area contributed by atoms with Gasteiger partial charge in [-0.3, -0.25) is 19.3 Å². The summed E-state index contributed by atoms with van der Waals surface area (Å²) >= 11 is 7.15. The van der Waals surface area contributed by atoms with E-state index < -0.39 is 5.97 Å². The molecule has 0 N–H and O–H groups in total. The van der Waals surface area contributed by atoms with Crippen molar-refractivity contribution in [1.29, 1.82) is 0 Å². The maximum atomic E-state index is 12.9. The molecule has 2 fully saturated rings. The normalized spacial score (nSPS) is 25.3. The maximum absolute atomic E-state index is 12.9. The van der Waals surface area contributed by atoms with Gasteiger partial charge in [0.15, 0.2) is 12.4 Å². The van der Waals surface area contributed by atoms with E-state index in [1.165, 1.54) is 17.0 Å². The molecule has 0 spiro atoms. The first-order chi connectivity index (χ1) is 14.9. The fourth-order valence-electron chi connectivity index (χ4n) is 4.02. The summed E-state index contributed by atoms with van der Waals surface area (Å²) in [5, 5.41) is 0. The van der Waals surface area contributed by atoms with Crippen molar-refractivity contribution >= 4 is 61.1 Å². The fourth-order valence-corrected chi connectivity index (χ4v) is 5.26. The molecule has 1 saturated carbocycles. The van der Waals surface area contributed by atoms with E-state index in [4.69, 9.17) is 4.74 Å². The van der Waals surface area contributed by atoms with Crippen LogP contribution in [-0.2, 0) is 14.3 Å². The summed E-state index contributed by atoms with van der Waals surface area (Å²) < 4.78 is 5.11. The second-order valence-corrected chi connectivity index (χ2v) is 9.99. The Balaban J connectivity index is 1.42. The molecule has 1 saturated heterocycles. The van der Waals surface area contributed by atoms with Crippen LogP contribution < -0.4 is 4.90 Å². The minimum atomic E-state index is -0.646. The average molecular weight is 549 g/mol. The number of ketones is 1. The highest BCUT2D eigenvalue weighted by molar-refractivity contribution is 9.12. The highest BCUT2D eigenvalue weighted by atomic mass is 79.9. The number of rotatable bonds is 5. The van der Waals surface area contributed by atoms with Crippen molar-refractivity contribution < 1.29 is 23.9 Å². The van der Waals surface area contributed by atoms with Gasteiger partial charge in [0.1, 0.15) is 0 Å². The number of alkyl halides is 2. The number of amides is 2.